The molecule has 5 rings (SSSR count). The van der Waals surface area contributed by atoms with E-state index in [1.807, 2.05) is 53.4 Å². The molecule has 3 amide bonds. The number of amides is 3. The van der Waals surface area contributed by atoms with Gasteiger partial charge in [-0.3, -0.25) is 19.3 Å². The maximum absolute atomic E-state index is 13.1. The zero-order valence-corrected chi connectivity index (χ0v) is 17.6. The van der Waals surface area contributed by atoms with Crippen LogP contribution in [0.5, 0.6) is 0 Å². The average Bonchev–Trinajstić information content (AvgIpc) is 3.09. The van der Waals surface area contributed by atoms with Crippen molar-refractivity contribution in [2.45, 2.75) is 6.54 Å². The second kappa shape index (κ2) is 8.30. The van der Waals surface area contributed by atoms with Gasteiger partial charge in [-0.25, -0.2) is 0 Å². The third-order valence-corrected chi connectivity index (χ3v) is 6.09. The summed E-state index contributed by atoms with van der Waals surface area (Å²) >= 11 is 0. The Bertz CT molecular complexity index is 1170. The third-order valence-electron chi connectivity index (χ3n) is 6.09. The first kappa shape index (κ1) is 20.0. The molecule has 0 atom stereocenters. The quantitative estimate of drug-likeness (QED) is 0.601. The molecule has 1 saturated heterocycles. The highest BCUT2D eigenvalue weighted by atomic mass is 16.2. The van der Waals surface area contributed by atoms with Crippen molar-refractivity contribution in [1.82, 2.24) is 9.80 Å². The zero-order chi connectivity index (χ0) is 22.1. The fourth-order valence-corrected chi connectivity index (χ4v) is 4.32. The Kier molecular flexibility index (Phi) is 5.19. The van der Waals surface area contributed by atoms with Gasteiger partial charge in [0.2, 0.25) is 0 Å². The lowest BCUT2D eigenvalue weighted by molar-refractivity contribution is 0.0642. The van der Waals surface area contributed by atoms with E-state index in [-0.39, 0.29) is 24.3 Å². The number of carbonyl (C=O) groups excluding carboxylic acids is 3. The van der Waals surface area contributed by atoms with Crippen molar-refractivity contribution in [3.05, 3.63) is 101 Å². The second-order valence-corrected chi connectivity index (χ2v) is 8.06. The molecule has 0 saturated carbocycles. The fraction of sp³-hybridized carbons (Fsp3) is 0.192. The Balaban J connectivity index is 1.29. The summed E-state index contributed by atoms with van der Waals surface area (Å²) in [5, 5.41) is 0. The van der Waals surface area contributed by atoms with Crippen LogP contribution in [0.15, 0.2) is 78.9 Å². The number of nitrogens with zero attached hydrogens (tertiary/aromatic N) is 3. The Hall–Kier alpha value is -3.93. The van der Waals surface area contributed by atoms with Gasteiger partial charge in [0, 0.05) is 37.4 Å². The number of hydrogen-bond donors (Lipinski definition) is 0. The van der Waals surface area contributed by atoms with Crippen molar-refractivity contribution >= 4 is 23.4 Å². The number of hydrogen-bond acceptors (Lipinski definition) is 4. The Labute approximate surface area is 186 Å². The summed E-state index contributed by atoms with van der Waals surface area (Å²) in [5.41, 5.74) is 3.14. The van der Waals surface area contributed by atoms with Crippen LogP contribution in [0, 0.1) is 0 Å². The van der Waals surface area contributed by atoms with Gasteiger partial charge in [0.1, 0.15) is 0 Å². The largest absolute Gasteiger partial charge is 0.368 e. The fourth-order valence-electron chi connectivity index (χ4n) is 4.32. The summed E-state index contributed by atoms with van der Waals surface area (Å²) < 4.78 is 0. The molecule has 2 heterocycles. The highest BCUT2D eigenvalue weighted by Crippen LogP contribution is 2.26. The molecule has 0 aromatic heterocycles. The lowest BCUT2D eigenvalue weighted by Gasteiger charge is -2.36. The minimum absolute atomic E-state index is 0.109. The number of piperazine rings is 1. The molecule has 0 aliphatic carbocycles. The molecule has 0 unspecified atom stereocenters. The Morgan fingerprint density at radius 3 is 2.03 bits per heavy atom. The van der Waals surface area contributed by atoms with Crippen molar-refractivity contribution in [2.75, 3.05) is 31.1 Å². The maximum Gasteiger partial charge on any atom is 0.261 e. The molecule has 0 N–H and O–H groups in total. The van der Waals surface area contributed by atoms with E-state index in [9.17, 15) is 14.4 Å². The van der Waals surface area contributed by atoms with E-state index < -0.39 is 0 Å². The molecule has 0 radical (unpaired) electrons. The van der Waals surface area contributed by atoms with E-state index in [4.69, 9.17) is 0 Å². The highest BCUT2D eigenvalue weighted by Gasteiger charge is 2.36. The van der Waals surface area contributed by atoms with Gasteiger partial charge in [0.25, 0.3) is 17.7 Å². The van der Waals surface area contributed by atoms with Crippen molar-refractivity contribution in [1.29, 1.82) is 0 Å². The highest BCUT2D eigenvalue weighted by molar-refractivity contribution is 6.22. The molecular formula is C26H23N3O3. The molecule has 6 nitrogen and oxygen atoms in total. The first-order chi connectivity index (χ1) is 15.6. The number of anilines is 1. The predicted octanol–water partition coefficient (Wildman–Crippen LogP) is 3.45. The number of para-hydroxylation sites is 1. The van der Waals surface area contributed by atoms with Crippen LogP contribution in [0.1, 0.15) is 36.6 Å². The smallest absolute Gasteiger partial charge is 0.261 e. The van der Waals surface area contributed by atoms with Crippen LogP contribution in [-0.2, 0) is 6.54 Å². The zero-order valence-electron chi connectivity index (χ0n) is 17.6. The van der Waals surface area contributed by atoms with Crippen LogP contribution in [0.4, 0.5) is 5.69 Å². The number of fused-ring (bicyclic) bond motifs is 1. The van der Waals surface area contributed by atoms with E-state index in [2.05, 4.69) is 17.0 Å². The molecule has 2 aliphatic heterocycles. The van der Waals surface area contributed by atoms with Crippen LogP contribution >= 0.6 is 0 Å². The van der Waals surface area contributed by atoms with Crippen LogP contribution in [0.25, 0.3) is 0 Å². The summed E-state index contributed by atoms with van der Waals surface area (Å²) in [4.78, 5) is 44.1. The van der Waals surface area contributed by atoms with Gasteiger partial charge in [0.15, 0.2) is 0 Å². The number of benzene rings is 3. The average molecular weight is 425 g/mol. The van der Waals surface area contributed by atoms with E-state index in [1.165, 1.54) is 4.90 Å². The van der Waals surface area contributed by atoms with Gasteiger partial charge in [-0.1, -0.05) is 48.5 Å². The van der Waals surface area contributed by atoms with E-state index in [1.54, 1.807) is 18.2 Å². The van der Waals surface area contributed by atoms with Crippen LogP contribution in [-0.4, -0.2) is 53.7 Å². The first-order valence-electron chi connectivity index (χ1n) is 10.8. The number of carbonyl (C=O) groups is 3. The van der Waals surface area contributed by atoms with E-state index in [0.717, 1.165) is 24.3 Å². The maximum atomic E-state index is 13.1. The van der Waals surface area contributed by atoms with Crippen LogP contribution < -0.4 is 4.90 Å². The molecule has 3 aromatic carbocycles. The topological polar surface area (TPSA) is 60.9 Å². The van der Waals surface area contributed by atoms with Crippen LogP contribution in [0.3, 0.4) is 0 Å². The normalized spacial score (nSPS) is 15.8. The van der Waals surface area contributed by atoms with Gasteiger partial charge in [0.05, 0.1) is 17.7 Å². The lowest BCUT2D eigenvalue weighted by Crippen LogP contribution is -2.48. The number of rotatable bonds is 4. The van der Waals surface area contributed by atoms with Gasteiger partial charge >= 0.3 is 0 Å². The summed E-state index contributed by atoms with van der Waals surface area (Å²) in [6.07, 6.45) is 0. The van der Waals surface area contributed by atoms with E-state index in [0.29, 0.717) is 29.8 Å². The SMILES string of the molecule is O=C(c1ccc2c(c1)C(=O)N(Cc1ccccc1)C2=O)N1CCN(c2ccccc2)CC1. The van der Waals surface area contributed by atoms with E-state index >= 15 is 0 Å². The molecule has 0 bridgehead atoms. The van der Waals surface area contributed by atoms with Crippen molar-refractivity contribution in [3.8, 4) is 0 Å². The molecular weight excluding hydrogens is 402 g/mol. The van der Waals surface area contributed by atoms with Gasteiger partial charge < -0.3 is 9.80 Å². The standard InChI is InChI=1S/C26H23N3O3/c30-24(28-15-13-27(14-16-28)21-9-5-2-6-10-21)20-11-12-22-23(17-20)26(32)29(25(22)31)18-19-7-3-1-4-8-19/h1-12,17H,13-16,18H2. The minimum atomic E-state index is -0.350. The first-order valence-corrected chi connectivity index (χ1v) is 10.8. The van der Waals surface area contributed by atoms with Crippen molar-refractivity contribution in [3.63, 3.8) is 0 Å². The molecule has 0 spiro atoms. The Morgan fingerprint density at radius 2 is 1.34 bits per heavy atom. The van der Waals surface area contributed by atoms with Gasteiger partial charge in [-0.15, -0.1) is 0 Å². The lowest BCUT2D eigenvalue weighted by atomic mass is 10.0. The monoisotopic (exact) mass is 425 g/mol. The van der Waals surface area contributed by atoms with Crippen LogP contribution in [0.2, 0.25) is 0 Å². The van der Waals surface area contributed by atoms with Gasteiger partial charge in [-0.05, 0) is 35.9 Å². The number of imide groups is 1. The Morgan fingerprint density at radius 1 is 0.719 bits per heavy atom. The summed E-state index contributed by atoms with van der Waals surface area (Å²) in [5.74, 6) is -0.774. The predicted molar refractivity (Wildman–Crippen MR) is 122 cm³/mol. The molecule has 3 aromatic rings. The minimum Gasteiger partial charge on any atom is -0.368 e. The second-order valence-electron chi connectivity index (χ2n) is 8.06. The summed E-state index contributed by atoms with van der Waals surface area (Å²) in [7, 11) is 0. The molecule has 160 valence electrons. The molecule has 1 fully saturated rings. The third kappa shape index (κ3) is 3.64. The molecule has 2 aliphatic rings. The molecule has 32 heavy (non-hydrogen) atoms. The summed E-state index contributed by atoms with van der Waals surface area (Å²) in [6, 6.07) is 24.4. The van der Waals surface area contributed by atoms with Gasteiger partial charge in [-0.2, -0.15) is 0 Å². The van der Waals surface area contributed by atoms with Crippen molar-refractivity contribution < 1.29 is 14.4 Å². The summed E-state index contributed by atoms with van der Waals surface area (Å²) in [6.45, 7) is 2.94. The van der Waals surface area contributed by atoms with Crippen molar-refractivity contribution in [2.24, 2.45) is 0 Å². The molecule has 6 heteroatoms.